The van der Waals surface area contributed by atoms with E-state index >= 15 is 0 Å². The number of aliphatic hydroxyl groups is 1. The van der Waals surface area contributed by atoms with Crippen LogP contribution >= 0.6 is 0 Å². The fourth-order valence-electron chi connectivity index (χ4n) is 2.15. The Bertz CT molecular complexity index is 693. The molecule has 2 aromatic carbocycles. The summed E-state index contributed by atoms with van der Waals surface area (Å²) in [6.45, 7) is 9.91. The van der Waals surface area contributed by atoms with Crippen molar-refractivity contribution in [2.75, 3.05) is 0 Å². The average molecular weight is 393 g/mol. The molecule has 2 rings (SSSR count). The van der Waals surface area contributed by atoms with Crippen molar-refractivity contribution in [3.8, 4) is 0 Å². The van der Waals surface area contributed by atoms with Crippen molar-refractivity contribution in [3.63, 3.8) is 0 Å². The van der Waals surface area contributed by atoms with Crippen LogP contribution in [0.1, 0.15) is 19.4 Å². The van der Waals surface area contributed by atoms with E-state index in [0.29, 0.717) is 9.80 Å². The summed E-state index contributed by atoms with van der Waals surface area (Å²) in [6, 6.07) is 17.6. The first-order valence-corrected chi connectivity index (χ1v) is 10.3. The fraction of sp³-hybridized carbons (Fsp3) is 0.263. The summed E-state index contributed by atoms with van der Waals surface area (Å²) in [5, 5.41) is 10.7. The number of hydrogen-bond acceptors (Lipinski definition) is 2. The molecule has 0 aliphatic heterocycles. The molecule has 0 heterocycles. The minimum absolute atomic E-state index is 0.0497. The SMILES string of the molecule is C=C(C(O)C(C)(C)[Se]c1ccccc1)[S@@](=O)c1ccc(C)cc1. The predicted octanol–water partition coefficient (Wildman–Crippen LogP) is 3.21. The zero-order chi connectivity index (χ0) is 17.0. The van der Waals surface area contributed by atoms with Crippen LogP contribution in [0.3, 0.4) is 0 Å². The molecule has 0 saturated carbocycles. The van der Waals surface area contributed by atoms with Crippen LogP contribution in [-0.4, -0.2) is 30.4 Å². The van der Waals surface area contributed by atoms with E-state index in [9.17, 15) is 9.32 Å². The number of hydrogen-bond donors (Lipinski definition) is 1. The normalized spacial score (nSPS) is 14.3. The number of benzene rings is 2. The van der Waals surface area contributed by atoms with E-state index in [-0.39, 0.29) is 19.3 Å². The zero-order valence-electron chi connectivity index (χ0n) is 13.7. The Morgan fingerprint density at radius 3 is 2.26 bits per heavy atom. The van der Waals surface area contributed by atoms with Gasteiger partial charge in [0.2, 0.25) is 0 Å². The van der Waals surface area contributed by atoms with Crippen LogP contribution in [-0.2, 0) is 10.8 Å². The Kier molecular flexibility index (Phi) is 5.99. The monoisotopic (exact) mass is 394 g/mol. The molecule has 0 saturated heterocycles. The van der Waals surface area contributed by atoms with Gasteiger partial charge in [-0.1, -0.05) is 0 Å². The number of rotatable bonds is 6. The van der Waals surface area contributed by atoms with Crippen molar-refractivity contribution in [1.29, 1.82) is 0 Å². The average Bonchev–Trinajstić information content (AvgIpc) is 2.54. The molecular formula is C19H22O2SSe. The molecule has 4 heteroatoms. The minimum atomic E-state index is -1.41. The van der Waals surface area contributed by atoms with E-state index in [1.54, 1.807) is 0 Å². The molecular weight excluding hydrogens is 371 g/mol. The zero-order valence-corrected chi connectivity index (χ0v) is 16.2. The Morgan fingerprint density at radius 1 is 1.13 bits per heavy atom. The van der Waals surface area contributed by atoms with Crippen molar-refractivity contribution >= 4 is 30.2 Å². The number of aryl methyl sites for hydroxylation is 1. The second-order valence-corrected chi connectivity index (χ2v) is 11.1. The third-order valence-corrected chi connectivity index (χ3v) is 7.60. The van der Waals surface area contributed by atoms with Crippen molar-refractivity contribution < 1.29 is 9.32 Å². The Balaban J connectivity index is 2.14. The molecule has 0 radical (unpaired) electrons. The summed E-state index contributed by atoms with van der Waals surface area (Å²) >= 11 is 0.0497. The molecule has 0 aliphatic carbocycles. The van der Waals surface area contributed by atoms with Gasteiger partial charge in [0.05, 0.1) is 0 Å². The first-order valence-electron chi connectivity index (χ1n) is 7.40. The summed E-state index contributed by atoms with van der Waals surface area (Å²) in [5.41, 5.74) is 1.12. The number of aliphatic hydroxyl groups excluding tert-OH is 1. The van der Waals surface area contributed by atoms with Crippen LogP contribution in [0, 0.1) is 6.92 Å². The molecule has 2 aromatic rings. The summed E-state index contributed by atoms with van der Waals surface area (Å²) in [7, 11) is -1.41. The van der Waals surface area contributed by atoms with Crippen LogP contribution in [0.4, 0.5) is 0 Å². The molecule has 0 spiro atoms. The van der Waals surface area contributed by atoms with Gasteiger partial charge in [0, 0.05) is 0 Å². The second kappa shape index (κ2) is 7.59. The molecule has 2 atom stereocenters. The van der Waals surface area contributed by atoms with E-state index in [2.05, 4.69) is 18.7 Å². The van der Waals surface area contributed by atoms with Gasteiger partial charge in [0.25, 0.3) is 0 Å². The molecule has 0 bridgehead atoms. The third kappa shape index (κ3) is 4.65. The molecule has 0 aromatic heterocycles. The predicted molar refractivity (Wildman–Crippen MR) is 98.6 cm³/mol. The van der Waals surface area contributed by atoms with Crippen molar-refractivity contribution in [2.24, 2.45) is 0 Å². The van der Waals surface area contributed by atoms with Gasteiger partial charge in [-0.15, -0.1) is 0 Å². The maximum atomic E-state index is 12.7. The Morgan fingerprint density at radius 2 is 1.70 bits per heavy atom. The Labute approximate surface area is 147 Å². The molecule has 1 unspecified atom stereocenters. The van der Waals surface area contributed by atoms with Crippen LogP contribution in [0.2, 0.25) is 4.31 Å². The van der Waals surface area contributed by atoms with Gasteiger partial charge in [0.15, 0.2) is 0 Å². The van der Waals surface area contributed by atoms with Crippen LogP contribution in [0.5, 0.6) is 0 Å². The molecule has 122 valence electrons. The molecule has 1 N–H and O–H groups in total. The summed E-state index contributed by atoms with van der Waals surface area (Å²) in [5.74, 6) is 0. The van der Waals surface area contributed by atoms with E-state index in [0.717, 1.165) is 5.56 Å². The second-order valence-electron chi connectivity index (χ2n) is 5.97. The van der Waals surface area contributed by atoms with Crippen molar-refractivity contribution in [3.05, 3.63) is 71.6 Å². The Hall–Kier alpha value is -1.19. The molecule has 23 heavy (non-hydrogen) atoms. The van der Waals surface area contributed by atoms with E-state index < -0.39 is 16.9 Å². The topological polar surface area (TPSA) is 37.3 Å². The quantitative estimate of drug-likeness (QED) is 0.766. The van der Waals surface area contributed by atoms with Gasteiger partial charge in [-0.25, -0.2) is 0 Å². The van der Waals surface area contributed by atoms with E-state index in [1.165, 1.54) is 4.46 Å². The molecule has 0 fully saturated rings. The van der Waals surface area contributed by atoms with Crippen LogP contribution in [0.25, 0.3) is 0 Å². The molecule has 0 amide bonds. The van der Waals surface area contributed by atoms with Gasteiger partial charge in [-0.2, -0.15) is 0 Å². The van der Waals surface area contributed by atoms with Gasteiger partial charge in [-0.05, 0) is 0 Å². The van der Waals surface area contributed by atoms with Crippen molar-refractivity contribution in [1.82, 2.24) is 0 Å². The summed E-state index contributed by atoms with van der Waals surface area (Å²) in [6.07, 6.45) is -0.815. The standard InChI is InChI=1S/C19H22O2SSe/c1-14-10-12-16(13-11-14)22(21)15(2)18(20)19(3,4)23-17-8-6-5-7-9-17/h5-13,18,20H,2H2,1,3-4H3/t18?,22-/m1/s1. The molecule has 2 nitrogen and oxygen atoms in total. The van der Waals surface area contributed by atoms with Gasteiger partial charge in [0.1, 0.15) is 0 Å². The van der Waals surface area contributed by atoms with E-state index in [1.807, 2.05) is 63.2 Å². The van der Waals surface area contributed by atoms with Gasteiger partial charge < -0.3 is 0 Å². The molecule has 0 aliphatic rings. The summed E-state index contributed by atoms with van der Waals surface area (Å²) < 4.78 is 13.5. The van der Waals surface area contributed by atoms with Crippen molar-refractivity contribution in [2.45, 2.75) is 36.1 Å². The summed E-state index contributed by atoms with van der Waals surface area (Å²) in [4.78, 5) is 1.05. The van der Waals surface area contributed by atoms with Crippen LogP contribution in [0.15, 0.2) is 71.0 Å². The fourth-order valence-corrected chi connectivity index (χ4v) is 5.92. The first-order chi connectivity index (χ1) is 10.8. The van der Waals surface area contributed by atoms with Crippen LogP contribution < -0.4 is 4.46 Å². The van der Waals surface area contributed by atoms with Gasteiger partial charge in [-0.3, -0.25) is 0 Å². The first kappa shape index (κ1) is 18.2. The maximum absolute atomic E-state index is 12.7. The third-order valence-electron chi connectivity index (χ3n) is 3.56. The van der Waals surface area contributed by atoms with Gasteiger partial charge >= 0.3 is 147 Å². The van der Waals surface area contributed by atoms with E-state index in [4.69, 9.17) is 0 Å².